The van der Waals surface area contributed by atoms with E-state index in [9.17, 15) is 5.11 Å². The van der Waals surface area contributed by atoms with Crippen LogP contribution in [-0.2, 0) is 0 Å². The number of likely N-dealkylation sites (N-methyl/N-ethyl adjacent to an activating group) is 1. The van der Waals surface area contributed by atoms with Crippen molar-refractivity contribution in [1.82, 2.24) is 9.97 Å². The topological polar surface area (TPSA) is 61.3 Å². The predicted octanol–water partition coefficient (Wildman–Crippen LogP) is 2.02. The Morgan fingerprint density at radius 1 is 1.44 bits per heavy atom. The second kappa shape index (κ2) is 5.84. The lowest BCUT2D eigenvalue weighted by Gasteiger charge is -2.36. The Balaban J connectivity index is 2.23. The standard InChI is InChI=1S/C12H19BrN4O/c1-14-12-15-7-8(13)11(16-12)17(2)9-5-3-4-6-10(9)18/h7,9-10,18H,3-6H2,1-2H3,(H,14,15,16). The first-order valence-electron chi connectivity index (χ1n) is 6.24. The van der Waals surface area contributed by atoms with Crippen molar-refractivity contribution in [2.45, 2.75) is 37.8 Å². The molecule has 1 aliphatic rings. The molecular formula is C12H19BrN4O. The summed E-state index contributed by atoms with van der Waals surface area (Å²) in [6.07, 6.45) is 5.61. The number of halogens is 1. The van der Waals surface area contributed by atoms with Gasteiger partial charge in [0.15, 0.2) is 0 Å². The van der Waals surface area contributed by atoms with E-state index < -0.39 is 0 Å². The van der Waals surface area contributed by atoms with Crippen LogP contribution < -0.4 is 10.2 Å². The van der Waals surface area contributed by atoms with Gasteiger partial charge in [-0.25, -0.2) is 4.98 Å². The maximum Gasteiger partial charge on any atom is 0.224 e. The molecule has 1 heterocycles. The molecule has 1 fully saturated rings. The van der Waals surface area contributed by atoms with E-state index in [-0.39, 0.29) is 12.1 Å². The minimum Gasteiger partial charge on any atom is -0.391 e. The van der Waals surface area contributed by atoms with E-state index in [0.717, 1.165) is 36.0 Å². The fourth-order valence-corrected chi connectivity index (χ4v) is 2.90. The lowest BCUT2D eigenvalue weighted by atomic mass is 9.91. The van der Waals surface area contributed by atoms with E-state index in [1.807, 2.05) is 7.05 Å². The third-order valence-electron chi connectivity index (χ3n) is 3.47. The van der Waals surface area contributed by atoms with E-state index in [0.29, 0.717) is 5.95 Å². The third kappa shape index (κ3) is 2.75. The number of anilines is 2. The number of nitrogens with one attached hydrogen (secondary N) is 1. The fourth-order valence-electron chi connectivity index (χ4n) is 2.43. The van der Waals surface area contributed by atoms with Gasteiger partial charge in [0, 0.05) is 20.3 Å². The molecule has 0 bridgehead atoms. The van der Waals surface area contributed by atoms with Crippen LogP contribution in [-0.4, -0.2) is 41.3 Å². The van der Waals surface area contributed by atoms with Crippen molar-refractivity contribution in [3.8, 4) is 0 Å². The van der Waals surface area contributed by atoms with Gasteiger partial charge in [-0.15, -0.1) is 0 Å². The zero-order valence-electron chi connectivity index (χ0n) is 10.7. The molecule has 1 aromatic rings. The number of aromatic nitrogens is 2. The molecule has 2 atom stereocenters. The molecule has 6 heteroatoms. The summed E-state index contributed by atoms with van der Waals surface area (Å²) in [5.74, 6) is 1.41. The summed E-state index contributed by atoms with van der Waals surface area (Å²) in [4.78, 5) is 10.6. The van der Waals surface area contributed by atoms with Crippen molar-refractivity contribution in [3.63, 3.8) is 0 Å². The number of hydrogen-bond acceptors (Lipinski definition) is 5. The highest BCUT2D eigenvalue weighted by Crippen LogP contribution is 2.30. The van der Waals surface area contributed by atoms with Crippen LogP contribution in [0.1, 0.15) is 25.7 Å². The van der Waals surface area contributed by atoms with Crippen molar-refractivity contribution >= 4 is 27.7 Å². The highest BCUT2D eigenvalue weighted by molar-refractivity contribution is 9.10. The Kier molecular flexibility index (Phi) is 4.40. The summed E-state index contributed by atoms with van der Waals surface area (Å²) in [5, 5.41) is 13.0. The van der Waals surface area contributed by atoms with Crippen LogP contribution in [0.15, 0.2) is 10.7 Å². The Morgan fingerprint density at radius 2 is 2.17 bits per heavy atom. The van der Waals surface area contributed by atoms with Gasteiger partial charge < -0.3 is 15.3 Å². The Labute approximate surface area is 116 Å². The van der Waals surface area contributed by atoms with Crippen molar-refractivity contribution in [1.29, 1.82) is 0 Å². The third-order valence-corrected chi connectivity index (χ3v) is 4.03. The van der Waals surface area contributed by atoms with Gasteiger partial charge in [0.05, 0.1) is 16.6 Å². The molecule has 0 spiro atoms. The minimum absolute atomic E-state index is 0.134. The number of nitrogens with zero attached hydrogens (tertiary/aromatic N) is 3. The van der Waals surface area contributed by atoms with E-state index in [1.165, 1.54) is 0 Å². The molecule has 2 unspecified atom stereocenters. The van der Waals surface area contributed by atoms with E-state index >= 15 is 0 Å². The Morgan fingerprint density at radius 3 is 2.83 bits per heavy atom. The van der Waals surface area contributed by atoms with Crippen LogP contribution in [0.2, 0.25) is 0 Å². The largest absolute Gasteiger partial charge is 0.391 e. The highest BCUT2D eigenvalue weighted by atomic mass is 79.9. The summed E-state index contributed by atoms with van der Waals surface area (Å²) in [7, 11) is 3.77. The van der Waals surface area contributed by atoms with Crippen LogP contribution in [0.3, 0.4) is 0 Å². The average Bonchev–Trinajstić information content (AvgIpc) is 2.39. The van der Waals surface area contributed by atoms with Gasteiger partial charge in [-0.2, -0.15) is 4.98 Å². The summed E-state index contributed by atoms with van der Waals surface area (Å²) in [5.41, 5.74) is 0. The van der Waals surface area contributed by atoms with Crippen molar-refractivity contribution in [2.75, 3.05) is 24.3 Å². The quantitative estimate of drug-likeness (QED) is 0.893. The lowest BCUT2D eigenvalue weighted by molar-refractivity contribution is 0.106. The van der Waals surface area contributed by atoms with Gasteiger partial charge in [0.1, 0.15) is 5.82 Å². The molecule has 18 heavy (non-hydrogen) atoms. The summed E-state index contributed by atoms with van der Waals surface area (Å²) in [6.45, 7) is 0. The normalized spacial score (nSPS) is 23.8. The molecular weight excluding hydrogens is 296 g/mol. The maximum absolute atomic E-state index is 10.1. The number of hydrogen-bond donors (Lipinski definition) is 2. The lowest BCUT2D eigenvalue weighted by Crippen LogP contribution is -2.44. The second-order valence-electron chi connectivity index (χ2n) is 4.65. The number of aliphatic hydroxyl groups is 1. The Bertz CT molecular complexity index is 415. The van der Waals surface area contributed by atoms with Crippen molar-refractivity contribution < 1.29 is 5.11 Å². The molecule has 2 N–H and O–H groups in total. The molecule has 2 rings (SSSR count). The number of rotatable bonds is 3. The molecule has 1 saturated carbocycles. The molecule has 0 radical (unpaired) electrons. The molecule has 0 aliphatic heterocycles. The first kappa shape index (κ1) is 13.5. The van der Waals surface area contributed by atoms with Gasteiger partial charge in [-0.05, 0) is 28.8 Å². The Hall–Kier alpha value is -0.880. The zero-order chi connectivity index (χ0) is 13.1. The summed E-state index contributed by atoms with van der Waals surface area (Å²) < 4.78 is 0.849. The van der Waals surface area contributed by atoms with Crippen molar-refractivity contribution in [2.24, 2.45) is 0 Å². The zero-order valence-corrected chi connectivity index (χ0v) is 12.3. The fraction of sp³-hybridized carbons (Fsp3) is 0.667. The van der Waals surface area contributed by atoms with Gasteiger partial charge in [-0.1, -0.05) is 12.8 Å². The second-order valence-corrected chi connectivity index (χ2v) is 5.50. The van der Waals surface area contributed by atoms with Crippen LogP contribution in [0.25, 0.3) is 0 Å². The molecule has 100 valence electrons. The van der Waals surface area contributed by atoms with Gasteiger partial charge in [-0.3, -0.25) is 0 Å². The SMILES string of the molecule is CNc1ncc(Br)c(N(C)C2CCCCC2O)n1. The minimum atomic E-state index is -0.274. The summed E-state index contributed by atoms with van der Waals surface area (Å²) >= 11 is 3.47. The van der Waals surface area contributed by atoms with E-state index in [4.69, 9.17) is 0 Å². The van der Waals surface area contributed by atoms with Gasteiger partial charge in [0.25, 0.3) is 0 Å². The monoisotopic (exact) mass is 314 g/mol. The van der Waals surface area contributed by atoms with Crippen LogP contribution >= 0.6 is 15.9 Å². The number of aliphatic hydroxyl groups excluding tert-OH is 1. The maximum atomic E-state index is 10.1. The average molecular weight is 315 g/mol. The van der Waals surface area contributed by atoms with Crippen LogP contribution in [0.5, 0.6) is 0 Å². The first-order chi connectivity index (χ1) is 8.63. The smallest absolute Gasteiger partial charge is 0.224 e. The molecule has 1 aromatic heterocycles. The highest BCUT2D eigenvalue weighted by Gasteiger charge is 2.28. The van der Waals surface area contributed by atoms with E-state index in [1.54, 1.807) is 13.2 Å². The van der Waals surface area contributed by atoms with Crippen LogP contribution in [0, 0.1) is 0 Å². The predicted molar refractivity (Wildman–Crippen MR) is 75.9 cm³/mol. The van der Waals surface area contributed by atoms with Gasteiger partial charge in [0.2, 0.25) is 5.95 Å². The first-order valence-corrected chi connectivity index (χ1v) is 7.04. The van der Waals surface area contributed by atoms with Gasteiger partial charge >= 0.3 is 0 Å². The van der Waals surface area contributed by atoms with Crippen LogP contribution in [0.4, 0.5) is 11.8 Å². The summed E-state index contributed by atoms with van der Waals surface area (Å²) in [6, 6.07) is 0.134. The van der Waals surface area contributed by atoms with Crippen molar-refractivity contribution in [3.05, 3.63) is 10.7 Å². The molecule has 0 saturated heterocycles. The molecule has 0 amide bonds. The molecule has 0 aromatic carbocycles. The molecule has 1 aliphatic carbocycles. The van der Waals surface area contributed by atoms with E-state index in [2.05, 4.69) is 36.1 Å². The molecule has 5 nitrogen and oxygen atoms in total.